The minimum atomic E-state index is -3.12. The van der Waals surface area contributed by atoms with Gasteiger partial charge in [-0.05, 0) is 42.3 Å². The number of nitrogens with one attached hydrogen (secondary N) is 1. The van der Waals surface area contributed by atoms with Crippen molar-refractivity contribution in [2.45, 2.75) is 13.0 Å². The lowest BCUT2D eigenvalue weighted by Gasteiger charge is -2.12. The van der Waals surface area contributed by atoms with E-state index in [0.29, 0.717) is 28.4 Å². The van der Waals surface area contributed by atoms with Gasteiger partial charge in [0.2, 0.25) is 5.91 Å². The van der Waals surface area contributed by atoms with Crippen LogP contribution in [0, 0.1) is 11.7 Å². The smallest absolute Gasteiger partial charge is 0.228 e. The lowest BCUT2D eigenvalue weighted by molar-refractivity contribution is -0.119. The van der Waals surface area contributed by atoms with E-state index in [1.807, 2.05) is 0 Å². The van der Waals surface area contributed by atoms with Crippen molar-refractivity contribution in [3.05, 3.63) is 58.9 Å². The van der Waals surface area contributed by atoms with Gasteiger partial charge in [-0.3, -0.25) is 4.79 Å². The number of carbonyl (C=O) groups excluding carboxylic acids is 1. The third-order valence-corrected chi connectivity index (χ3v) is 6.15. The highest BCUT2D eigenvalue weighted by Gasteiger charge is 2.32. The van der Waals surface area contributed by atoms with Crippen LogP contribution in [0.3, 0.4) is 0 Å². The molecule has 8 heteroatoms. The fourth-order valence-corrected chi connectivity index (χ4v) is 4.71. The normalized spacial score (nSPS) is 18.5. The molecule has 1 saturated heterocycles. The van der Waals surface area contributed by atoms with E-state index >= 15 is 0 Å². The molecule has 1 atom stereocenters. The van der Waals surface area contributed by atoms with Crippen molar-refractivity contribution in [1.82, 2.24) is 0 Å². The van der Waals surface area contributed by atoms with Gasteiger partial charge in [0.05, 0.1) is 22.4 Å². The van der Waals surface area contributed by atoms with Gasteiger partial charge in [-0.25, -0.2) is 12.8 Å². The van der Waals surface area contributed by atoms with Gasteiger partial charge in [0.1, 0.15) is 18.2 Å². The molecular weight excluding hydrogens is 381 g/mol. The molecule has 0 bridgehead atoms. The number of carbonyl (C=O) groups is 1. The highest BCUT2D eigenvalue weighted by atomic mass is 35.5. The minimum Gasteiger partial charge on any atom is -0.487 e. The number of hydrogen-bond acceptors (Lipinski definition) is 4. The number of hydrogen-bond donors (Lipinski definition) is 1. The highest BCUT2D eigenvalue weighted by molar-refractivity contribution is 7.91. The Labute approximate surface area is 156 Å². The van der Waals surface area contributed by atoms with Gasteiger partial charge in [-0.2, -0.15) is 0 Å². The monoisotopic (exact) mass is 397 g/mol. The lowest BCUT2D eigenvalue weighted by atomic mass is 10.1. The number of anilines is 1. The third-order valence-electron chi connectivity index (χ3n) is 4.09. The molecule has 2 aromatic carbocycles. The van der Waals surface area contributed by atoms with Crippen molar-refractivity contribution in [3.8, 4) is 5.75 Å². The molecule has 2 aromatic rings. The van der Waals surface area contributed by atoms with Crippen LogP contribution in [0.15, 0.2) is 42.5 Å². The van der Waals surface area contributed by atoms with Crippen LogP contribution < -0.4 is 10.1 Å². The Morgan fingerprint density at radius 3 is 2.73 bits per heavy atom. The van der Waals surface area contributed by atoms with Crippen molar-refractivity contribution in [2.24, 2.45) is 5.92 Å². The van der Waals surface area contributed by atoms with Crippen molar-refractivity contribution in [3.63, 3.8) is 0 Å². The van der Waals surface area contributed by atoms with E-state index in [0.717, 1.165) is 0 Å². The summed E-state index contributed by atoms with van der Waals surface area (Å²) in [6.45, 7) is 0.156. The zero-order valence-corrected chi connectivity index (χ0v) is 15.3. The fourth-order valence-electron chi connectivity index (χ4n) is 2.73. The summed E-state index contributed by atoms with van der Waals surface area (Å²) in [4.78, 5) is 12.2. The molecule has 3 rings (SSSR count). The van der Waals surface area contributed by atoms with E-state index in [-0.39, 0.29) is 29.8 Å². The first-order chi connectivity index (χ1) is 12.3. The molecule has 0 unspecified atom stereocenters. The molecule has 1 aliphatic rings. The predicted molar refractivity (Wildman–Crippen MR) is 97.6 cm³/mol. The maximum atomic E-state index is 13.2. The summed E-state index contributed by atoms with van der Waals surface area (Å²) in [6.07, 6.45) is 0.330. The zero-order chi connectivity index (χ0) is 18.7. The molecule has 0 aliphatic carbocycles. The molecule has 0 saturated carbocycles. The third kappa shape index (κ3) is 4.74. The first kappa shape index (κ1) is 18.7. The van der Waals surface area contributed by atoms with Crippen LogP contribution >= 0.6 is 11.6 Å². The van der Waals surface area contributed by atoms with Gasteiger partial charge < -0.3 is 10.1 Å². The van der Waals surface area contributed by atoms with E-state index in [1.165, 1.54) is 18.2 Å². The van der Waals surface area contributed by atoms with E-state index in [1.54, 1.807) is 24.3 Å². The van der Waals surface area contributed by atoms with Crippen LogP contribution in [0.2, 0.25) is 5.02 Å². The van der Waals surface area contributed by atoms with Crippen LogP contribution in [-0.4, -0.2) is 25.8 Å². The minimum absolute atomic E-state index is 0.0404. The van der Waals surface area contributed by atoms with E-state index in [2.05, 4.69) is 5.32 Å². The van der Waals surface area contributed by atoms with Crippen LogP contribution in [0.5, 0.6) is 5.75 Å². The Morgan fingerprint density at radius 1 is 1.27 bits per heavy atom. The zero-order valence-electron chi connectivity index (χ0n) is 13.7. The van der Waals surface area contributed by atoms with Crippen molar-refractivity contribution in [1.29, 1.82) is 0 Å². The molecule has 1 heterocycles. The van der Waals surface area contributed by atoms with E-state index in [9.17, 15) is 17.6 Å². The topological polar surface area (TPSA) is 72.5 Å². The van der Waals surface area contributed by atoms with Crippen molar-refractivity contribution >= 4 is 33.0 Å². The van der Waals surface area contributed by atoms with Gasteiger partial charge in [0, 0.05) is 5.69 Å². The molecule has 1 aliphatic heterocycles. The Hall–Kier alpha value is -2.12. The summed E-state index contributed by atoms with van der Waals surface area (Å²) < 4.78 is 41.7. The molecule has 1 amide bonds. The standard InChI is InChI=1S/C18H17ClFNO4S/c19-16-9-15(21-18(22)13-6-7-26(23,24)11-13)4-5-17(16)25-10-12-2-1-3-14(20)8-12/h1-5,8-9,13H,6-7,10-11H2,(H,21,22)/t13-/m1/s1. The summed E-state index contributed by atoms with van der Waals surface area (Å²) in [7, 11) is -3.12. The molecule has 1 N–H and O–H groups in total. The van der Waals surface area contributed by atoms with Crippen molar-refractivity contribution < 1.29 is 22.3 Å². The second-order valence-electron chi connectivity index (χ2n) is 6.15. The quantitative estimate of drug-likeness (QED) is 0.838. The summed E-state index contributed by atoms with van der Waals surface area (Å²) in [5.41, 5.74) is 1.13. The Bertz CT molecular complexity index is 933. The Morgan fingerprint density at radius 2 is 2.08 bits per heavy atom. The van der Waals surface area contributed by atoms with E-state index < -0.39 is 15.8 Å². The SMILES string of the molecule is O=C(Nc1ccc(OCc2cccc(F)c2)c(Cl)c1)[C@@H]1CCS(=O)(=O)C1. The Balaban J connectivity index is 1.61. The molecule has 26 heavy (non-hydrogen) atoms. The van der Waals surface area contributed by atoms with Crippen LogP contribution in [-0.2, 0) is 21.2 Å². The molecule has 0 spiro atoms. The number of ether oxygens (including phenoxy) is 1. The average Bonchev–Trinajstić information content (AvgIpc) is 2.94. The summed E-state index contributed by atoms with van der Waals surface area (Å²) in [6, 6.07) is 10.8. The molecule has 138 valence electrons. The number of halogens is 2. The van der Waals surface area contributed by atoms with Crippen LogP contribution in [0.1, 0.15) is 12.0 Å². The lowest BCUT2D eigenvalue weighted by Crippen LogP contribution is -2.23. The van der Waals surface area contributed by atoms with Gasteiger partial charge in [0.25, 0.3) is 0 Å². The van der Waals surface area contributed by atoms with E-state index in [4.69, 9.17) is 16.3 Å². The number of benzene rings is 2. The summed E-state index contributed by atoms with van der Waals surface area (Å²) in [5, 5.41) is 2.97. The largest absolute Gasteiger partial charge is 0.487 e. The fraction of sp³-hybridized carbons (Fsp3) is 0.278. The van der Waals surface area contributed by atoms with Crippen LogP contribution in [0.25, 0.3) is 0 Å². The van der Waals surface area contributed by atoms with Gasteiger partial charge >= 0.3 is 0 Å². The first-order valence-corrected chi connectivity index (χ1v) is 10.2. The maximum absolute atomic E-state index is 13.2. The number of amides is 1. The molecule has 0 aromatic heterocycles. The summed E-state index contributed by atoms with van der Waals surface area (Å²) >= 11 is 6.17. The Kier molecular flexibility index (Phi) is 5.48. The summed E-state index contributed by atoms with van der Waals surface area (Å²) in [5.74, 6) is -0.903. The number of sulfone groups is 1. The predicted octanol–water partition coefficient (Wildman–Crippen LogP) is 3.43. The molecule has 5 nitrogen and oxygen atoms in total. The second-order valence-corrected chi connectivity index (χ2v) is 8.79. The van der Waals surface area contributed by atoms with Crippen LogP contribution in [0.4, 0.5) is 10.1 Å². The molecule has 1 fully saturated rings. The number of rotatable bonds is 5. The van der Waals surface area contributed by atoms with Gasteiger partial charge in [-0.15, -0.1) is 0 Å². The second kappa shape index (κ2) is 7.63. The highest BCUT2D eigenvalue weighted by Crippen LogP contribution is 2.29. The maximum Gasteiger partial charge on any atom is 0.228 e. The first-order valence-electron chi connectivity index (χ1n) is 8.00. The van der Waals surface area contributed by atoms with Gasteiger partial charge in [-0.1, -0.05) is 23.7 Å². The molecule has 0 radical (unpaired) electrons. The molecular formula is C18H17ClFNO4S. The van der Waals surface area contributed by atoms with Gasteiger partial charge in [0.15, 0.2) is 9.84 Å². The average molecular weight is 398 g/mol. The van der Waals surface area contributed by atoms with Crippen molar-refractivity contribution in [2.75, 3.05) is 16.8 Å².